The molecule has 242 valence electrons. The lowest BCUT2D eigenvalue weighted by Crippen LogP contribution is -2.65. The molecule has 1 aliphatic heterocycles. The second-order valence-corrected chi connectivity index (χ2v) is 12.5. The molecular weight excluding hydrogens is 593 g/mol. The van der Waals surface area contributed by atoms with E-state index in [2.05, 4.69) is 10.6 Å². The second-order valence-electron chi connectivity index (χ2n) is 12.0. The minimum Gasteiger partial charge on any atom is -0.460 e. The van der Waals surface area contributed by atoms with Gasteiger partial charge in [0.05, 0.1) is 36.9 Å². The standard InChI is InChI=1S/C29H42ClF3N4O6/c1-18(34)24(39)35-22(16-42-5)25(40)36-28(14-19-7-9-21(30)10-8-19)11-6-12-37(17-28)26(41)20(15-29(31,32)33)13-23(38)43-27(2,3)4/h7-10,18,20,22H,6,11-17,34H2,1-5H3,(H,35,39)(H,36,40)/t18-,20-,22?,28+/m0/s1. The fourth-order valence-corrected chi connectivity index (χ4v) is 5.10. The van der Waals surface area contributed by atoms with Crippen molar-refractivity contribution in [3.05, 3.63) is 34.9 Å². The third kappa shape index (κ3) is 12.3. The number of rotatable bonds is 12. The Kier molecular flexibility index (Phi) is 12.8. The van der Waals surface area contributed by atoms with Crippen LogP contribution in [0.3, 0.4) is 0 Å². The molecule has 1 saturated heterocycles. The molecule has 1 aromatic carbocycles. The summed E-state index contributed by atoms with van der Waals surface area (Å²) < 4.78 is 50.9. The van der Waals surface area contributed by atoms with Gasteiger partial charge < -0.3 is 30.7 Å². The average molecular weight is 635 g/mol. The number of esters is 1. The predicted octanol–water partition coefficient (Wildman–Crippen LogP) is 3.14. The number of benzene rings is 1. The second kappa shape index (κ2) is 15.2. The van der Waals surface area contributed by atoms with E-state index in [1.807, 2.05) is 0 Å². The van der Waals surface area contributed by atoms with Crippen molar-refractivity contribution in [2.45, 2.75) is 89.2 Å². The van der Waals surface area contributed by atoms with E-state index in [0.29, 0.717) is 17.9 Å². The summed E-state index contributed by atoms with van der Waals surface area (Å²) in [7, 11) is 1.36. The van der Waals surface area contributed by atoms with E-state index in [-0.39, 0.29) is 26.1 Å². The predicted molar refractivity (Wildman–Crippen MR) is 154 cm³/mol. The maximum absolute atomic E-state index is 13.6. The molecule has 1 fully saturated rings. The van der Waals surface area contributed by atoms with Gasteiger partial charge in [-0.25, -0.2) is 0 Å². The maximum atomic E-state index is 13.6. The molecule has 43 heavy (non-hydrogen) atoms. The highest BCUT2D eigenvalue weighted by atomic mass is 35.5. The van der Waals surface area contributed by atoms with Gasteiger partial charge in [0.1, 0.15) is 11.6 Å². The van der Waals surface area contributed by atoms with Crippen LogP contribution in [0.15, 0.2) is 24.3 Å². The lowest BCUT2D eigenvalue weighted by atomic mass is 9.82. The summed E-state index contributed by atoms with van der Waals surface area (Å²) in [5.41, 5.74) is 4.33. The first kappa shape index (κ1) is 36.3. The number of alkyl halides is 3. The number of hydrogen-bond donors (Lipinski definition) is 3. The highest BCUT2D eigenvalue weighted by Crippen LogP contribution is 2.32. The van der Waals surface area contributed by atoms with Crippen LogP contribution in [0.25, 0.3) is 0 Å². The first-order valence-corrected chi connectivity index (χ1v) is 14.4. The van der Waals surface area contributed by atoms with E-state index in [1.54, 1.807) is 45.0 Å². The van der Waals surface area contributed by atoms with Gasteiger partial charge in [-0.05, 0) is 64.7 Å². The highest BCUT2D eigenvalue weighted by Gasteiger charge is 2.44. The molecule has 0 aliphatic carbocycles. The first-order valence-electron chi connectivity index (χ1n) is 14.0. The van der Waals surface area contributed by atoms with Gasteiger partial charge in [-0.1, -0.05) is 23.7 Å². The van der Waals surface area contributed by atoms with E-state index in [9.17, 15) is 32.3 Å². The van der Waals surface area contributed by atoms with E-state index in [4.69, 9.17) is 26.8 Å². The van der Waals surface area contributed by atoms with Gasteiger partial charge in [0.2, 0.25) is 17.7 Å². The Morgan fingerprint density at radius 3 is 2.28 bits per heavy atom. The summed E-state index contributed by atoms with van der Waals surface area (Å²) in [5.74, 6) is -4.68. The topological polar surface area (TPSA) is 140 Å². The van der Waals surface area contributed by atoms with E-state index >= 15 is 0 Å². The van der Waals surface area contributed by atoms with Gasteiger partial charge in [-0.2, -0.15) is 13.2 Å². The van der Waals surface area contributed by atoms with Crippen LogP contribution in [0.4, 0.5) is 13.2 Å². The summed E-state index contributed by atoms with van der Waals surface area (Å²) in [4.78, 5) is 53.1. The molecule has 4 N–H and O–H groups in total. The molecule has 1 aliphatic rings. The fraction of sp³-hybridized carbons (Fsp3) is 0.655. The number of piperidine rings is 1. The Balaban J connectivity index is 2.40. The Hall–Kier alpha value is -2.90. The molecule has 0 spiro atoms. The lowest BCUT2D eigenvalue weighted by Gasteiger charge is -2.45. The van der Waals surface area contributed by atoms with Crippen LogP contribution < -0.4 is 16.4 Å². The van der Waals surface area contributed by atoms with Crippen molar-refractivity contribution in [1.82, 2.24) is 15.5 Å². The zero-order valence-electron chi connectivity index (χ0n) is 25.2. The van der Waals surface area contributed by atoms with Crippen molar-refractivity contribution >= 4 is 35.3 Å². The summed E-state index contributed by atoms with van der Waals surface area (Å²) in [6, 6.07) is 4.80. The monoisotopic (exact) mass is 634 g/mol. The average Bonchev–Trinajstić information content (AvgIpc) is 2.87. The van der Waals surface area contributed by atoms with Crippen molar-refractivity contribution in [2.24, 2.45) is 11.7 Å². The van der Waals surface area contributed by atoms with Crippen LogP contribution in [0.1, 0.15) is 58.9 Å². The molecular formula is C29H42ClF3N4O6. The molecule has 1 unspecified atom stereocenters. The summed E-state index contributed by atoms with van der Waals surface area (Å²) >= 11 is 6.04. The highest BCUT2D eigenvalue weighted by molar-refractivity contribution is 6.30. The van der Waals surface area contributed by atoms with Crippen LogP contribution in [-0.2, 0) is 35.1 Å². The van der Waals surface area contributed by atoms with E-state index in [1.165, 1.54) is 18.9 Å². The van der Waals surface area contributed by atoms with Crippen LogP contribution in [0.5, 0.6) is 0 Å². The minimum atomic E-state index is -4.71. The number of methoxy groups -OCH3 is 1. The number of nitrogens with one attached hydrogen (secondary N) is 2. The number of nitrogens with zero attached hydrogens (tertiary/aromatic N) is 1. The maximum Gasteiger partial charge on any atom is 0.389 e. The van der Waals surface area contributed by atoms with Crippen molar-refractivity contribution in [1.29, 1.82) is 0 Å². The van der Waals surface area contributed by atoms with E-state index in [0.717, 1.165) is 5.56 Å². The van der Waals surface area contributed by atoms with Gasteiger partial charge in [-0.3, -0.25) is 19.2 Å². The summed E-state index contributed by atoms with van der Waals surface area (Å²) in [6.07, 6.45) is -6.03. The van der Waals surface area contributed by atoms with Crippen LogP contribution >= 0.6 is 11.6 Å². The van der Waals surface area contributed by atoms with Crippen molar-refractivity contribution in [2.75, 3.05) is 26.8 Å². The van der Waals surface area contributed by atoms with Crippen LogP contribution in [0, 0.1) is 5.92 Å². The number of halogens is 4. The molecule has 10 nitrogen and oxygen atoms in total. The quantitative estimate of drug-likeness (QED) is 0.300. The molecule has 0 aromatic heterocycles. The Labute approximate surface area is 255 Å². The number of likely N-dealkylation sites (tertiary alicyclic amines) is 1. The Bertz CT molecular complexity index is 1130. The lowest BCUT2D eigenvalue weighted by molar-refractivity contribution is -0.169. The zero-order valence-corrected chi connectivity index (χ0v) is 25.9. The molecule has 3 amide bonds. The molecule has 0 radical (unpaired) electrons. The van der Waals surface area contributed by atoms with Gasteiger partial charge in [0.15, 0.2) is 0 Å². The molecule has 1 heterocycles. The molecule has 1 aromatic rings. The number of hydrogen-bond acceptors (Lipinski definition) is 7. The van der Waals surface area contributed by atoms with Crippen molar-refractivity contribution in [3.8, 4) is 0 Å². The number of ether oxygens (including phenoxy) is 2. The molecule has 14 heteroatoms. The number of carbonyl (C=O) groups is 4. The molecule has 0 bridgehead atoms. The first-order chi connectivity index (χ1) is 19.8. The van der Waals surface area contributed by atoms with Gasteiger partial charge in [-0.15, -0.1) is 0 Å². The van der Waals surface area contributed by atoms with Crippen LogP contribution in [0.2, 0.25) is 5.02 Å². The number of carbonyl (C=O) groups excluding carboxylic acids is 4. The third-order valence-corrected chi connectivity index (χ3v) is 7.02. The van der Waals surface area contributed by atoms with Crippen molar-refractivity contribution < 1.29 is 41.8 Å². The largest absolute Gasteiger partial charge is 0.460 e. The Morgan fingerprint density at radius 1 is 1.12 bits per heavy atom. The van der Waals surface area contributed by atoms with Gasteiger partial charge in [0, 0.05) is 25.2 Å². The molecule has 0 saturated carbocycles. The van der Waals surface area contributed by atoms with Crippen LogP contribution in [-0.4, -0.2) is 84.8 Å². The normalized spacial score (nSPS) is 19.6. The fourth-order valence-electron chi connectivity index (χ4n) is 4.97. The summed E-state index contributed by atoms with van der Waals surface area (Å²) in [5, 5.41) is 5.98. The smallest absolute Gasteiger partial charge is 0.389 e. The van der Waals surface area contributed by atoms with Gasteiger partial charge >= 0.3 is 12.1 Å². The Morgan fingerprint density at radius 2 is 1.74 bits per heavy atom. The molecule has 2 rings (SSSR count). The third-order valence-electron chi connectivity index (χ3n) is 6.77. The SMILES string of the molecule is COCC(NC(=O)[C@H](C)N)C(=O)N[C@@]1(Cc2ccc(Cl)cc2)CCCN(C(=O)[C@@H](CC(=O)OC(C)(C)C)CC(F)(F)F)C1. The summed E-state index contributed by atoms with van der Waals surface area (Å²) in [6.45, 7) is 6.02. The number of amides is 3. The number of nitrogens with two attached hydrogens (primary N) is 1. The van der Waals surface area contributed by atoms with E-state index < -0.39 is 71.9 Å². The minimum absolute atomic E-state index is 0.128. The zero-order chi connectivity index (χ0) is 32.6. The van der Waals surface area contributed by atoms with Crippen molar-refractivity contribution in [3.63, 3.8) is 0 Å². The molecule has 4 atom stereocenters. The van der Waals surface area contributed by atoms with Gasteiger partial charge in [0.25, 0.3) is 0 Å².